The Morgan fingerprint density at radius 1 is 1.04 bits per heavy atom. The van der Waals surface area contributed by atoms with Gasteiger partial charge >= 0.3 is 7.82 Å². The van der Waals surface area contributed by atoms with Gasteiger partial charge in [0.1, 0.15) is 27.2 Å². The van der Waals surface area contributed by atoms with Crippen LogP contribution in [-0.2, 0) is 26.9 Å². The third-order valence-electron chi connectivity index (χ3n) is 10.7. The molecule has 2 aliphatic rings. The summed E-state index contributed by atoms with van der Waals surface area (Å²) in [5, 5.41) is 13.3. The highest BCUT2D eigenvalue weighted by molar-refractivity contribution is 8.26. The van der Waals surface area contributed by atoms with Crippen molar-refractivity contribution >= 4 is 48.1 Å². The van der Waals surface area contributed by atoms with Gasteiger partial charge < -0.3 is 19.7 Å². The largest absolute Gasteiger partial charge is 0.527 e. The molecular formula is C40H59N2O7PS2. The Hall–Kier alpha value is -2.43. The van der Waals surface area contributed by atoms with Crippen molar-refractivity contribution in [2.45, 2.75) is 145 Å². The van der Waals surface area contributed by atoms with Crippen LogP contribution in [0.15, 0.2) is 11.1 Å². The highest BCUT2D eigenvalue weighted by Crippen LogP contribution is 2.51. The van der Waals surface area contributed by atoms with Gasteiger partial charge in [-0.25, -0.2) is 4.57 Å². The fourth-order valence-electron chi connectivity index (χ4n) is 7.17. The van der Waals surface area contributed by atoms with E-state index in [0.717, 1.165) is 71.7 Å². The third-order valence-corrected chi connectivity index (χ3v) is 12.7. The maximum Gasteiger partial charge on any atom is 0.527 e. The number of pyridine rings is 1. The smallest absolute Gasteiger partial charge is 0.505 e. The second-order valence-electron chi connectivity index (χ2n) is 15.7. The van der Waals surface area contributed by atoms with Gasteiger partial charge in [0.05, 0.1) is 17.2 Å². The maximum atomic E-state index is 13.4. The lowest BCUT2D eigenvalue weighted by molar-refractivity contribution is -0.115. The van der Waals surface area contributed by atoms with Crippen molar-refractivity contribution in [2.24, 2.45) is 17.8 Å². The van der Waals surface area contributed by atoms with Crippen molar-refractivity contribution in [1.82, 2.24) is 10.3 Å². The van der Waals surface area contributed by atoms with Gasteiger partial charge in [-0.05, 0) is 101 Å². The summed E-state index contributed by atoms with van der Waals surface area (Å²) in [5.74, 6) is 2.90. The molecule has 1 aromatic carbocycles. The van der Waals surface area contributed by atoms with Crippen LogP contribution in [0.1, 0.15) is 138 Å². The van der Waals surface area contributed by atoms with Crippen molar-refractivity contribution in [1.29, 1.82) is 0 Å². The Bertz CT molecular complexity index is 1710. The van der Waals surface area contributed by atoms with Crippen LogP contribution in [-0.4, -0.2) is 30.8 Å². The molecule has 1 fully saturated rings. The number of fused-ring (bicyclic) bond motifs is 1. The zero-order valence-electron chi connectivity index (χ0n) is 32.5. The zero-order valence-corrected chi connectivity index (χ0v) is 35.0. The molecule has 1 aromatic heterocycles. The van der Waals surface area contributed by atoms with Crippen LogP contribution < -0.4 is 14.6 Å². The summed E-state index contributed by atoms with van der Waals surface area (Å²) in [6.07, 6.45) is 15.8. The zero-order chi connectivity index (χ0) is 38.4. The topological polar surface area (TPSA) is 127 Å². The highest BCUT2D eigenvalue weighted by atomic mass is 32.2. The molecule has 4 rings (SSSR count). The number of hydrogen-bond acceptors (Lipinski definition) is 9. The molecule has 0 bridgehead atoms. The molecule has 3 N–H and O–H groups in total. The summed E-state index contributed by atoms with van der Waals surface area (Å²) in [5.41, 5.74) is 3.94. The lowest BCUT2D eigenvalue weighted by Gasteiger charge is -2.38. The van der Waals surface area contributed by atoms with E-state index in [2.05, 4.69) is 44.9 Å². The predicted octanol–water partition coefficient (Wildman–Crippen LogP) is 10.7. The maximum absolute atomic E-state index is 13.4. The number of aryl methyl sites for hydroxylation is 1. The normalized spacial score (nSPS) is 20.4. The molecule has 0 spiro atoms. The number of rotatable bonds is 18. The number of phosphoric ester groups is 1. The fourth-order valence-corrected chi connectivity index (χ4v) is 9.06. The molecule has 1 saturated heterocycles. The van der Waals surface area contributed by atoms with Crippen LogP contribution in [0, 0.1) is 45.4 Å². The molecule has 4 atom stereocenters. The van der Waals surface area contributed by atoms with Gasteiger partial charge in [0.15, 0.2) is 0 Å². The second-order valence-corrected chi connectivity index (χ2v) is 18.8. The first-order chi connectivity index (χ1) is 24.4. The standard InChI is InChI=1S/C40H59N2O7PS2/c1-24(2)13-10-14-25(3)15-11-16-26(4)17-12-19-40(9)20-18-32-29(7)36(27(5)28(6)37(32)48-40)49-50(45,46)47-23-31-22-41-30(8)35(43)33(31)21-34-38(44)42-39(51)52-34/h21-22,24-26,43H,10-20,23H2,1-9H3,(H,45,46)(H,42,44,51)/t25-,26-,40-/m1/s1. The van der Waals surface area contributed by atoms with Gasteiger partial charge in [-0.1, -0.05) is 96.6 Å². The summed E-state index contributed by atoms with van der Waals surface area (Å²) < 4.78 is 31.7. The average Bonchev–Trinajstić information content (AvgIpc) is 3.39. The molecule has 9 nitrogen and oxygen atoms in total. The summed E-state index contributed by atoms with van der Waals surface area (Å²) in [4.78, 5) is 27.6. The number of phosphoric acid groups is 1. The van der Waals surface area contributed by atoms with E-state index in [-0.39, 0.29) is 21.8 Å². The number of benzene rings is 1. The second kappa shape index (κ2) is 18.3. The van der Waals surface area contributed by atoms with E-state index in [1.165, 1.54) is 57.2 Å². The van der Waals surface area contributed by atoms with Gasteiger partial charge in [0.25, 0.3) is 5.91 Å². The number of thioether (sulfide) groups is 1. The van der Waals surface area contributed by atoms with E-state index in [4.69, 9.17) is 26.0 Å². The number of aromatic hydroxyl groups is 1. The minimum atomic E-state index is -4.64. The molecule has 288 valence electrons. The van der Waals surface area contributed by atoms with E-state index in [1.54, 1.807) is 6.92 Å². The molecule has 0 aliphatic carbocycles. The molecule has 1 unspecified atom stereocenters. The minimum absolute atomic E-state index is 0.167. The molecule has 3 heterocycles. The number of nitrogens with zero attached hydrogens (tertiary/aromatic N) is 1. The first-order valence-electron chi connectivity index (χ1n) is 18.8. The fraction of sp³-hybridized carbons (Fsp3) is 0.625. The number of carbonyl (C=O) groups excluding carboxylic acids is 1. The van der Waals surface area contributed by atoms with Gasteiger partial charge in [0, 0.05) is 22.9 Å². The van der Waals surface area contributed by atoms with Crippen molar-refractivity contribution in [2.75, 3.05) is 0 Å². The van der Waals surface area contributed by atoms with Gasteiger partial charge in [-0.2, -0.15) is 0 Å². The molecule has 2 aliphatic heterocycles. The van der Waals surface area contributed by atoms with E-state index in [1.807, 2.05) is 20.8 Å². The van der Waals surface area contributed by atoms with Crippen molar-refractivity contribution in [3.05, 3.63) is 50.2 Å². The lowest BCUT2D eigenvalue weighted by atomic mass is 9.84. The van der Waals surface area contributed by atoms with Crippen LogP contribution in [0.4, 0.5) is 0 Å². The SMILES string of the molecule is Cc1ncc(COP(=O)(O)Oc2c(C)c(C)c3c(c2C)CC[C@@](C)(CCC[C@H](C)CCC[C@H](C)CCCC(C)C)O3)c(C=C2SC(=S)NC2=O)c1O. The molecule has 1 amide bonds. The first-order valence-corrected chi connectivity index (χ1v) is 21.5. The first kappa shape index (κ1) is 42.3. The molecule has 12 heteroatoms. The predicted molar refractivity (Wildman–Crippen MR) is 215 cm³/mol. The van der Waals surface area contributed by atoms with Crippen molar-refractivity contribution < 1.29 is 33.1 Å². The molecule has 0 radical (unpaired) electrons. The van der Waals surface area contributed by atoms with Crippen molar-refractivity contribution in [3.63, 3.8) is 0 Å². The van der Waals surface area contributed by atoms with Gasteiger partial charge in [0.2, 0.25) is 0 Å². The monoisotopic (exact) mass is 774 g/mol. The van der Waals surface area contributed by atoms with Crippen LogP contribution >= 0.6 is 31.8 Å². The van der Waals surface area contributed by atoms with Gasteiger partial charge in [-0.3, -0.25) is 19.2 Å². The van der Waals surface area contributed by atoms with Crippen LogP contribution in [0.2, 0.25) is 0 Å². The summed E-state index contributed by atoms with van der Waals surface area (Å²) in [7, 11) is -4.64. The molecule has 52 heavy (non-hydrogen) atoms. The van der Waals surface area contributed by atoms with Gasteiger partial charge in [-0.15, -0.1) is 0 Å². The molecular weight excluding hydrogens is 716 g/mol. The number of aromatic nitrogens is 1. The Morgan fingerprint density at radius 2 is 1.67 bits per heavy atom. The van der Waals surface area contributed by atoms with Crippen LogP contribution in [0.25, 0.3) is 6.08 Å². The average molecular weight is 775 g/mol. The Kier molecular flexibility index (Phi) is 14.9. The third kappa shape index (κ3) is 11.3. The highest BCUT2D eigenvalue weighted by Gasteiger charge is 2.36. The number of hydrogen-bond donors (Lipinski definition) is 3. The summed E-state index contributed by atoms with van der Waals surface area (Å²) >= 11 is 6.14. The van der Waals surface area contributed by atoms with E-state index >= 15 is 0 Å². The molecule has 0 saturated carbocycles. The quantitative estimate of drug-likeness (QED) is 0.0765. The Balaban J connectivity index is 1.36. The Morgan fingerprint density at radius 3 is 2.29 bits per heavy atom. The molecule has 2 aromatic rings. The summed E-state index contributed by atoms with van der Waals surface area (Å²) in [6.45, 7) is 18.5. The van der Waals surface area contributed by atoms with E-state index in [9.17, 15) is 19.4 Å². The lowest BCUT2D eigenvalue weighted by Crippen LogP contribution is -2.37. The number of ether oxygens (including phenoxy) is 1. The number of thiocarbonyl (C=S) groups is 1. The van der Waals surface area contributed by atoms with E-state index in [0.29, 0.717) is 32.8 Å². The van der Waals surface area contributed by atoms with Crippen LogP contribution in [0.3, 0.4) is 0 Å². The number of amides is 1. The van der Waals surface area contributed by atoms with Crippen molar-refractivity contribution in [3.8, 4) is 17.2 Å². The summed E-state index contributed by atoms with van der Waals surface area (Å²) in [6, 6.07) is 0. The number of nitrogens with one attached hydrogen (secondary N) is 1. The minimum Gasteiger partial charge on any atom is -0.505 e. The Labute approximate surface area is 320 Å². The number of carbonyl (C=O) groups is 1. The van der Waals surface area contributed by atoms with E-state index < -0.39 is 20.3 Å². The van der Waals surface area contributed by atoms with Crippen LogP contribution in [0.5, 0.6) is 17.2 Å².